The topological polar surface area (TPSA) is 66.9 Å². The van der Waals surface area contributed by atoms with Crippen molar-refractivity contribution in [3.8, 4) is 0 Å². The minimum Gasteiger partial charge on any atom is -0.316 e. The Balaban J connectivity index is 0.00000225. The van der Waals surface area contributed by atoms with Gasteiger partial charge in [-0.1, -0.05) is 41.9 Å². The monoisotopic (exact) mass is 416 g/mol. The van der Waals surface area contributed by atoms with Gasteiger partial charge < -0.3 is 5.32 Å². The largest absolute Gasteiger partial charge is 0.316 e. The second kappa shape index (κ2) is 9.32. The number of halogens is 2. The van der Waals surface area contributed by atoms with E-state index in [0.29, 0.717) is 28.8 Å². The van der Waals surface area contributed by atoms with Crippen molar-refractivity contribution in [2.24, 2.45) is 0 Å². The zero-order valence-electron chi connectivity index (χ0n) is 15.3. The number of hydrogen-bond acceptors (Lipinski definition) is 4. The zero-order chi connectivity index (χ0) is 18.6. The molecule has 146 valence electrons. The number of hydrogen-bond donors (Lipinski definition) is 2. The van der Waals surface area contributed by atoms with Crippen LogP contribution < -0.4 is 10.6 Å². The van der Waals surface area contributed by atoms with E-state index in [0.717, 1.165) is 30.5 Å². The number of amides is 1. The Kier molecular flexibility index (Phi) is 6.83. The van der Waals surface area contributed by atoms with Crippen LogP contribution in [0.3, 0.4) is 0 Å². The summed E-state index contributed by atoms with van der Waals surface area (Å²) in [5.74, 6) is 0.640. The van der Waals surface area contributed by atoms with Gasteiger partial charge in [0.25, 0.3) is 0 Å². The molecule has 0 bridgehead atoms. The second-order valence-electron chi connectivity index (χ2n) is 6.83. The van der Waals surface area contributed by atoms with Gasteiger partial charge >= 0.3 is 0 Å². The van der Waals surface area contributed by atoms with E-state index in [2.05, 4.69) is 26.7 Å². The molecule has 7 heteroatoms. The molecule has 0 spiro atoms. The third-order valence-electron chi connectivity index (χ3n) is 4.97. The van der Waals surface area contributed by atoms with Crippen molar-refractivity contribution in [2.45, 2.75) is 25.2 Å². The Hall–Kier alpha value is -2.21. The number of carbonyl (C=O) groups is 1. The van der Waals surface area contributed by atoms with Gasteiger partial charge in [0.1, 0.15) is 0 Å². The molecule has 3 aromatic rings. The number of piperidine rings is 1. The van der Waals surface area contributed by atoms with Crippen LogP contribution in [0.5, 0.6) is 0 Å². The Morgan fingerprint density at radius 3 is 2.89 bits per heavy atom. The Bertz CT molecular complexity index is 974. The Morgan fingerprint density at radius 2 is 2.07 bits per heavy atom. The van der Waals surface area contributed by atoms with Crippen molar-refractivity contribution in [3.05, 3.63) is 64.8 Å². The SMILES string of the molecule is Cl.O=C(Cc1ccccc1C1CCCNC1)Nc1ncc2c(Cl)cccc2n1. The summed E-state index contributed by atoms with van der Waals surface area (Å²) in [6, 6.07) is 13.7. The van der Waals surface area contributed by atoms with Gasteiger partial charge in [0.15, 0.2) is 0 Å². The first-order valence-electron chi connectivity index (χ1n) is 9.20. The van der Waals surface area contributed by atoms with E-state index in [1.807, 2.05) is 30.3 Å². The molecule has 1 unspecified atom stereocenters. The van der Waals surface area contributed by atoms with E-state index in [1.54, 1.807) is 12.3 Å². The first-order valence-corrected chi connectivity index (χ1v) is 9.58. The number of anilines is 1. The van der Waals surface area contributed by atoms with E-state index in [4.69, 9.17) is 11.6 Å². The maximum Gasteiger partial charge on any atom is 0.231 e. The normalized spacial score (nSPS) is 16.4. The van der Waals surface area contributed by atoms with Crippen molar-refractivity contribution in [2.75, 3.05) is 18.4 Å². The quantitative estimate of drug-likeness (QED) is 0.662. The average molecular weight is 417 g/mol. The maximum absolute atomic E-state index is 12.6. The van der Waals surface area contributed by atoms with Crippen LogP contribution in [0.1, 0.15) is 29.9 Å². The van der Waals surface area contributed by atoms with Crippen molar-refractivity contribution in [1.29, 1.82) is 0 Å². The molecule has 0 radical (unpaired) electrons. The smallest absolute Gasteiger partial charge is 0.231 e. The summed E-state index contributed by atoms with van der Waals surface area (Å²) in [6.45, 7) is 2.04. The summed E-state index contributed by atoms with van der Waals surface area (Å²) < 4.78 is 0. The molecule has 1 aromatic heterocycles. The lowest BCUT2D eigenvalue weighted by Gasteiger charge is -2.25. The van der Waals surface area contributed by atoms with Gasteiger partial charge in [0, 0.05) is 18.1 Å². The first-order chi connectivity index (χ1) is 13.2. The predicted molar refractivity (Wildman–Crippen MR) is 115 cm³/mol. The number of nitrogens with one attached hydrogen (secondary N) is 2. The van der Waals surface area contributed by atoms with Crippen molar-refractivity contribution < 1.29 is 4.79 Å². The summed E-state index contributed by atoms with van der Waals surface area (Å²) in [4.78, 5) is 21.2. The molecule has 0 saturated carbocycles. The minimum absolute atomic E-state index is 0. The van der Waals surface area contributed by atoms with Gasteiger partial charge in [0.05, 0.1) is 17.0 Å². The lowest BCUT2D eigenvalue weighted by atomic mass is 9.87. The number of benzene rings is 2. The van der Waals surface area contributed by atoms with Gasteiger partial charge in [-0.25, -0.2) is 9.97 Å². The molecule has 2 aromatic carbocycles. The molecule has 4 rings (SSSR count). The van der Waals surface area contributed by atoms with Crippen LogP contribution in [0, 0.1) is 0 Å². The number of rotatable bonds is 4. The summed E-state index contributed by atoms with van der Waals surface area (Å²) in [5.41, 5.74) is 3.03. The van der Waals surface area contributed by atoms with Crippen LogP contribution >= 0.6 is 24.0 Å². The van der Waals surface area contributed by atoms with Crippen LogP contribution in [0.4, 0.5) is 5.95 Å². The lowest BCUT2D eigenvalue weighted by Crippen LogP contribution is -2.29. The molecular formula is C21H22Cl2N4O. The van der Waals surface area contributed by atoms with Crippen molar-refractivity contribution in [3.63, 3.8) is 0 Å². The fourth-order valence-electron chi connectivity index (χ4n) is 3.63. The molecule has 1 aliphatic rings. The van der Waals surface area contributed by atoms with E-state index in [1.165, 1.54) is 12.0 Å². The number of aromatic nitrogens is 2. The van der Waals surface area contributed by atoms with Crippen LogP contribution in [-0.4, -0.2) is 29.0 Å². The number of carbonyl (C=O) groups excluding carboxylic acids is 1. The maximum atomic E-state index is 12.6. The third kappa shape index (κ3) is 4.61. The molecule has 0 aliphatic carbocycles. The van der Waals surface area contributed by atoms with Gasteiger partial charge in [-0.15, -0.1) is 12.4 Å². The molecule has 2 N–H and O–H groups in total. The summed E-state index contributed by atoms with van der Waals surface area (Å²) in [5, 5.41) is 7.62. The van der Waals surface area contributed by atoms with Gasteiger partial charge in [-0.2, -0.15) is 0 Å². The highest BCUT2D eigenvalue weighted by Gasteiger charge is 2.19. The Labute approximate surface area is 175 Å². The standard InChI is InChI=1S/C21H21ClN4O.ClH/c22-18-8-3-9-19-17(18)13-24-21(25-19)26-20(27)11-14-5-1-2-7-16(14)15-6-4-10-23-12-15;/h1-3,5,7-9,13,15,23H,4,6,10-12H2,(H,24,25,26,27);1H. The van der Waals surface area contributed by atoms with Gasteiger partial charge in [-0.3, -0.25) is 10.1 Å². The van der Waals surface area contributed by atoms with Crippen molar-refractivity contribution >= 4 is 46.8 Å². The van der Waals surface area contributed by atoms with Crippen molar-refractivity contribution in [1.82, 2.24) is 15.3 Å². The van der Waals surface area contributed by atoms with E-state index in [9.17, 15) is 4.79 Å². The van der Waals surface area contributed by atoms with Crippen LogP contribution in [0.25, 0.3) is 10.9 Å². The molecule has 1 fully saturated rings. The molecular weight excluding hydrogens is 395 g/mol. The molecule has 1 aliphatic heterocycles. The summed E-state index contributed by atoms with van der Waals surface area (Å²) in [6.07, 6.45) is 4.27. The lowest BCUT2D eigenvalue weighted by molar-refractivity contribution is -0.115. The predicted octanol–water partition coefficient (Wildman–Crippen LogP) is 4.35. The first kappa shape index (κ1) is 20.5. The van der Waals surface area contributed by atoms with Crippen LogP contribution in [0.2, 0.25) is 5.02 Å². The van der Waals surface area contributed by atoms with E-state index < -0.39 is 0 Å². The molecule has 1 atom stereocenters. The fraction of sp³-hybridized carbons (Fsp3) is 0.286. The van der Waals surface area contributed by atoms with E-state index in [-0.39, 0.29) is 18.3 Å². The molecule has 2 heterocycles. The van der Waals surface area contributed by atoms with Crippen LogP contribution in [0.15, 0.2) is 48.7 Å². The second-order valence-corrected chi connectivity index (χ2v) is 7.24. The highest BCUT2D eigenvalue weighted by atomic mass is 35.5. The third-order valence-corrected chi connectivity index (χ3v) is 5.30. The minimum atomic E-state index is -0.118. The highest BCUT2D eigenvalue weighted by molar-refractivity contribution is 6.35. The molecule has 5 nitrogen and oxygen atoms in total. The summed E-state index contributed by atoms with van der Waals surface area (Å²) in [7, 11) is 0. The average Bonchev–Trinajstić information content (AvgIpc) is 2.69. The summed E-state index contributed by atoms with van der Waals surface area (Å²) >= 11 is 6.14. The number of fused-ring (bicyclic) bond motifs is 1. The van der Waals surface area contributed by atoms with Gasteiger partial charge in [-0.05, 0) is 48.6 Å². The molecule has 28 heavy (non-hydrogen) atoms. The van der Waals surface area contributed by atoms with Gasteiger partial charge in [0.2, 0.25) is 11.9 Å². The zero-order valence-corrected chi connectivity index (χ0v) is 16.9. The van der Waals surface area contributed by atoms with E-state index >= 15 is 0 Å². The Morgan fingerprint density at radius 1 is 1.21 bits per heavy atom. The molecule has 1 saturated heterocycles. The fourth-order valence-corrected chi connectivity index (χ4v) is 3.85. The molecule has 1 amide bonds. The van der Waals surface area contributed by atoms with Crippen LogP contribution in [-0.2, 0) is 11.2 Å². The number of nitrogens with zero attached hydrogens (tertiary/aromatic N) is 2. The highest BCUT2D eigenvalue weighted by Crippen LogP contribution is 2.27.